The van der Waals surface area contributed by atoms with E-state index in [-0.39, 0.29) is 0 Å². The van der Waals surface area contributed by atoms with Crippen molar-refractivity contribution in [1.29, 1.82) is 0 Å². The number of halogens is 1. The predicted molar refractivity (Wildman–Crippen MR) is 77.5 cm³/mol. The first-order valence-electron chi connectivity index (χ1n) is 5.51. The Morgan fingerprint density at radius 2 is 2.18 bits per heavy atom. The Kier molecular flexibility index (Phi) is 3.97. The summed E-state index contributed by atoms with van der Waals surface area (Å²) in [5, 5.41) is 4.29. The van der Waals surface area contributed by atoms with Crippen molar-refractivity contribution < 1.29 is 0 Å². The van der Waals surface area contributed by atoms with E-state index in [4.69, 9.17) is 0 Å². The standard InChI is InChI=1S/C13H15BrN2S/c1-8-4-5-10(11(14)6-8)13-16-7-12(17-13)9(2)15-3/h4-7,9,15H,1-3H3. The van der Waals surface area contributed by atoms with Gasteiger partial charge in [0, 0.05) is 27.2 Å². The molecule has 0 bridgehead atoms. The van der Waals surface area contributed by atoms with Crippen LogP contribution in [-0.4, -0.2) is 12.0 Å². The fourth-order valence-corrected chi connectivity index (χ4v) is 3.38. The van der Waals surface area contributed by atoms with Gasteiger partial charge in [0.05, 0.1) is 0 Å². The summed E-state index contributed by atoms with van der Waals surface area (Å²) in [6.07, 6.45) is 1.95. The van der Waals surface area contributed by atoms with Gasteiger partial charge in [-0.05, 0) is 32.5 Å². The molecule has 0 saturated carbocycles. The highest BCUT2D eigenvalue weighted by molar-refractivity contribution is 9.10. The van der Waals surface area contributed by atoms with Crippen molar-refractivity contribution in [2.24, 2.45) is 0 Å². The van der Waals surface area contributed by atoms with E-state index in [0.717, 1.165) is 15.0 Å². The van der Waals surface area contributed by atoms with Crippen molar-refractivity contribution in [3.05, 3.63) is 39.3 Å². The van der Waals surface area contributed by atoms with Gasteiger partial charge in [-0.3, -0.25) is 0 Å². The highest BCUT2D eigenvalue weighted by atomic mass is 79.9. The van der Waals surface area contributed by atoms with Crippen LogP contribution in [-0.2, 0) is 0 Å². The molecule has 1 aromatic heterocycles. The third-order valence-electron chi connectivity index (χ3n) is 2.74. The number of thiazole rings is 1. The van der Waals surface area contributed by atoms with E-state index in [2.05, 4.69) is 58.3 Å². The molecule has 1 aromatic carbocycles. The van der Waals surface area contributed by atoms with Crippen molar-refractivity contribution in [3.63, 3.8) is 0 Å². The van der Waals surface area contributed by atoms with Gasteiger partial charge in [-0.2, -0.15) is 0 Å². The van der Waals surface area contributed by atoms with Gasteiger partial charge in [0.2, 0.25) is 0 Å². The number of rotatable bonds is 3. The van der Waals surface area contributed by atoms with E-state index in [1.165, 1.54) is 10.4 Å². The Hall–Kier alpha value is -0.710. The average Bonchev–Trinajstić information content (AvgIpc) is 2.77. The SMILES string of the molecule is CNC(C)c1cnc(-c2ccc(C)cc2Br)s1. The Bertz CT molecular complexity index is 522. The second-order valence-electron chi connectivity index (χ2n) is 4.06. The van der Waals surface area contributed by atoms with Gasteiger partial charge in [0.25, 0.3) is 0 Å². The second-order valence-corrected chi connectivity index (χ2v) is 5.98. The van der Waals surface area contributed by atoms with E-state index in [0.29, 0.717) is 6.04 Å². The minimum Gasteiger partial charge on any atom is -0.312 e. The monoisotopic (exact) mass is 310 g/mol. The van der Waals surface area contributed by atoms with Gasteiger partial charge < -0.3 is 5.32 Å². The Morgan fingerprint density at radius 3 is 2.82 bits per heavy atom. The number of nitrogens with one attached hydrogen (secondary N) is 1. The zero-order valence-corrected chi connectivity index (χ0v) is 12.5. The van der Waals surface area contributed by atoms with Crippen molar-refractivity contribution in [2.75, 3.05) is 7.05 Å². The molecule has 1 atom stereocenters. The van der Waals surface area contributed by atoms with Gasteiger partial charge in [0.1, 0.15) is 5.01 Å². The Labute approximate surface area is 114 Å². The molecule has 0 saturated heterocycles. The molecule has 0 radical (unpaired) electrons. The quantitative estimate of drug-likeness (QED) is 0.920. The maximum atomic E-state index is 4.49. The maximum Gasteiger partial charge on any atom is 0.124 e. The largest absolute Gasteiger partial charge is 0.312 e. The van der Waals surface area contributed by atoms with Crippen LogP contribution in [0.3, 0.4) is 0 Å². The lowest BCUT2D eigenvalue weighted by Crippen LogP contribution is -2.10. The zero-order chi connectivity index (χ0) is 12.4. The first kappa shape index (κ1) is 12.7. The molecule has 0 fully saturated rings. The minimum absolute atomic E-state index is 0.352. The van der Waals surface area contributed by atoms with E-state index in [1.807, 2.05) is 13.2 Å². The molecule has 2 rings (SSSR count). The third-order valence-corrected chi connectivity index (χ3v) is 4.61. The molecular formula is C13H15BrN2S. The van der Waals surface area contributed by atoms with Crippen LogP contribution in [0.15, 0.2) is 28.9 Å². The number of aryl methyl sites for hydroxylation is 1. The normalized spacial score (nSPS) is 12.7. The maximum absolute atomic E-state index is 4.49. The van der Waals surface area contributed by atoms with Gasteiger partial charge in [-0.15, -0.1) is 11.3 Å². The summed E-state index contributed by atoms with van der Waals surface area (Å²) in [6.45, 7) is 4.23. The van der Waals surface area contributed by atoms with Crippen LogP contribution in [0.1, 0.15) is 23.4 Å². The number of aromatic nitrogens is 1. The van der Waals surface area contributed by atoms with Crippen LogP contribution < -0.4 is 5.32 Å². The molecule has 2 aromatic rings. The lowest BCUT2D eigenvalue weighted by molar-refractivity contribution is 0.662. The van der Waals surface area contributed by atoms with Crippen molar-refractivity contribution in [1.82, 2.24) is 10.3 Å². The van der Waals surface area contributed by atoms with Gasteiger partial charge >= 0.3 is 0 Å². The summed E-state index contributed by atoms with van der Waals surface area (Å²) in [5.41, 5.74) is 2.41. The zero-order valence-electron chi connectivity index (χ0n) is 10.1. The number of nitrogens with zero attached hydrogens (tertiary/aromatic N) is 1. The Balaban J connectivity index is 2.37. The summed E-state index contributed by atoms with van der Waals surface area (Å²) >= 11 is 5.33. The van der Waals surface area contributed by atoms with Crippen molar-refractivity contribution in [3.8, 4) is 10.6 Å². The minimum atomic E-state index is 0.352. The Morgan fingerprint density at radius 1 is 1.41 bits per heavy atom. The molecular weight excluding hydrogens is 296 g/mol. The smallest absolute Gasteiger partial charge is 0.124 e. The lowest BCUT2D eigenvalue weighted by atomic mass is 10.2. The molecule has 4 heteroatoms. The van der Waals surface area contributed by atoms with Crippen molar-refractivity contribution >= 4 is 27.3 Å². The highest BCUT2D eigenvalue weighted by Gasteiger charge is 2.11. The fourth-order valence-electron chi connectivity index (χ4n) is 1.55. The topological polar surface area (TPSA) is 24.9 Å². The van der Waals surface area contributed by atoms with Crippen molar-refractivity contribution in [2.45, 2.75) is 19.9 Å². The first-order chi connectivity index (χ1) is 8.11. The fraction of sp³-hybridized carbons (Fsp3) is 0.308. The summed E-state index contributed by atoms with van der Waals surface area (Å²) in [7, 11) is 1.96. The van der Waals surface area contributed by atoms with Crippen LogP contribution in [0.2, 0.25) is 0 Å². The summed E-state index contributed by atoms with van der Waals surface area (Å²) in [4.78, 5) is 5.75. The van der Waals surface area contributed by atoms with Crippen LogP contribution >= 0.6 is 27.3 Å². The lowest BCUT2D eigenvalue weighted by Gasteiger charge is -2.05. The molecule has 0 aliphatic heterocycles. The molecule has 0 amide bonds. The number of hydrogen-bond donors (Lipinski definition) is 1. The van der Waals surface area contributed by atoms with Crippen LogP contribution in [0.25, 0.3) is 10.6 Å². The molecule has 1 N–H and O–H groups in total. The molecule has 0 aliphatic rings. The molecule has 17 heavy (non-hydrogen) atoms. The number of hydrogen-bond acceptors (Lipinski definition) is 3. The van der Waals surface area contributed by atoms with E-state index in [9.17, 15) is 0 Å². The molecule has 1 heterocycles. The van der Waals surface area contributed by atoms with Gasteiger partial charge in [0.15, 0.2) is 0 Å². The number of benzene rings is 1. The first-order valence-corrected chi connectivity index (χ1v) is 7.12. The summed E-state index contributed by atoms with van der Waals surface area (Å²) in [5.74, 6) is 0. The second kappa shape index (κ2) is 5.29. The highest BCUT2D eigenvalue weighted by Crippen LogP contribution is 2.33. The summed E-state index contributed by atoms with van der Waals surface area (Å²) in [6, 6.07) is 6.71. The van der Waals surface area contributed by atoms with Gasteiger partial charge in [-0.25, -0.2) is 4.98 Å². The van der Waals surface area contributed by atoms with Crippen LogP contribution in [0.5, 0.6) is 0 Å². The molecule has 90 valence electrons. The molecule has 0 aliphatic carbocycles. The average molecular weight is 311 g/mol. The van der Waals surface area contributed by atoms with E-state index >= 15 is 0 Å². The molecule has 2 nitrogen and oxygen atoms in total. The summed E-state index contributed by atoms with van der Waals surface area (Å²) < 4.78 is 1.11. The molecule has 1 unspecified atom stereocenters. The third kappa shape index (κ3) is 2.76. The van der Waals surface area contributed by atoms with Crippen LogP contribution in [0.4, 0.5) is 0 Å². The van der Waals surface area contributed by atoms with E-state index in [1.54, 1.807) is 11.3 Å². The molecule has 0 spiro atoms. The van der Waals surface area contributed by atoms with Crippen LogP contribution in [0, 0.1) is 6.92 Å². The van der Waals surface area contributed by atoms with E-state index < -0.39 is 0 Å². The predicted octanol–water partition coefficient (Wildman–Crippen LogP) is 4.16. The van der Waals surface area contributed by atoms with Gasteiger partial charge in [-0.1, -0.05) is 28.1 Å².